The number of urea groups is 1. The summed E-state index contributed by atoms with van der Waals surface area (Å²) in [7, 11) is 0. The Labute approximate surface area is 148 Å². The number of allylic oxidation sites excluding steroid dienone is 1. The Bertz CT molecular complexity index is 944. The van der Waals surface area contributed by atoms with Gasteiger partial charge in [0.15, 0.2) is 0 Å². The van der Waals surface area contributed by atoms with E-state index in [1.54, 1.807) is 31.2 Å². The van der Waals surface area contributed by atoms with E-state index in [9.17, 15) is 19.5 Å². The Morgan fingerprint density at radius 1 is 1.35 bits per heavy atom. The number of nitrogens with zero attached hydrogens (tertiary/aromatic N) is 2. The molecule has 1 aromatic heterocycles. The Morgan fingerprint density at radius 3 is 2.65 bits per heavy atom. The summed E-state index contributed by atoms with van der Waals surface area (Å²) in [5, 5.41) is 16.7. The summed E-state index contributed by atoms with van der Waals surface area (Å²) in [6.45, 7) is 5.20. The second-order valence-electron chi connectivity index (χ2n) is 5.20. The number of H-pyrrole nitrogens is 1. The van der Waals surface area contributed by atoms with E-state index in [-0.39, 0.29) is 24.2 Å². The number of carbonyl (C=O) groups excluding carboxylic acids is 1. The highest BCUT2D eigenvalue weighted by atomic mass is 16.3. The zero-order valence-corrected chi connectivity index (χ0v) is 14.2. The van der Waals surface area contributed by atoms with Crippen LogP contribution in [0, 0.1) is 0 Å². The second-order valence-corrected chi connectivity index (χ2v) is 5.20. The molecule has 136 valence electrons. The van der Waals surface area contributed by atoms with Crippen molar-refractivity contribution in [1.82, 2.24) is 15.0 Å². The van der Waals surface area contributed by atoms with Crippen molar-refractivity contribution in [3.63, 3.8) is 0 Å². The van der Waals surface area contributed by atoms with Crippen molar-refractivity contribution in [2.45, 2.75) is 19.9 Å². The second kappa shape index (κ2) is 8.47. The molecule has 0 aliphatic rings. The molecular formula is C17H19N5O4. The topological polar surface area (TPSA) is 129 Å². The molecule has 2 rings (SSSR count). The zero-order chi connectivity index (χ0) is 19.1. The van der Waals surface area contributed by atoms with Gasteiger partial charge >= 0.3 is 11.7 Å². The first kappa shape index (κ1) is 18.7. The van der Waals surface area contributed by atoms with Crippen molar-refractivity contribution in [3.8, 4) is 5.88 Å². The number of benzene rings is 1. The van der Waals surface area contributed by atoms with Gasteiger partial charge in [-0.25, -0.2) is 15.0 Å². The molecule has 0 unspecified atom stereocenters. The number of para-hydroxylation sites is 1. The fourth-order valence-corrected chi connectivity index (χ4v) is 2.23. The number of hydrazone groups is 1. The molecule has 0 aliphatic heterocycles. The number of rotatable bonds is 6. The minimum absolute atomic E-state index is 0.00730. The van der Waals surface area contributed by atoms with Gasteiger partial charge in [0.25, 0.3) is 5.56 Å². The molecule has 9 nitrogen and oxygen atoms in total. The SMILES string of the molecule is C=CCn1c(O)c(C(CC)=NNC(=O)Nc2ccccc2)c(=O)[nH]c1=O. The highest BCUT2D eigenvalue weighted by Crippen LogP contribution is 2.13. The maximum Gasteiger partial charge on any atom is 0.339 e. The van der Waals surface area contributed by atoms with Crippen molar-refractivity contribution >= 4 is 17.4 Å². The van der Waals surface area contributed by atoms with Gasteiger partial charge in [-0.1, -0.05) is 31.2 Å². The molecule has 9 heteroatoms. The monoisotopic (exact) mass is 357 g/mol. The van der Waals surface area contributed by atoms with E-state index in [4.69, 9.17) is 0 Å². The van der Waals surface area contributed by atoms with Crippen molar-refractivity contribution in [2.75, 3.05) is 5.32 Å². The Morgan fingerprint density at radius 2 is 2.04 bits per heavy atom. The van der Waals surface area contributed by atoms with E-state index in [0.717, 1.165) is 4.57 Å². The lowest BCUT2D eigenvalue weighted by Gasteiger charge is -2.11. The van der Waals surface area contributed by atoms with Gasteiger partial charge in [0.1, 0.15) is 5.56 Å². The van der Waals surface area contributed by atoms with Gasteiger partial charge < -0.3 is 10.4 Å². The summed E-state index contributed by atoms with van der Waals surface area (Å²) in [6, 6.07) is 8.12. The summed E-state index contributed by atoms with van der Waals surface area (Å²) < 4.78 is 0.943. The average molecular weight is 357 g/mol. The molecular weight excluding hydrogens is 338 g/mol. The third-order valence-electron chi connectivity index (χ3n) is 3.43. The van der Waals surface area contributed by atoms with E-state index < -0.39 is 23.2 Å². The normalized spacial score (nSPS) is 11.0. The molecule has 0 atom stereocenters. The Balaban J connectivity index is 2.30. The lowest BCUT2D eigenvalue weighted by atomic mass is 10.1. The summed E-state index contributed by atoms with van der Waals surface area (Å²) in [4.78, 5) is 37.9. The van der Waals surface area contributed by atoms with E-state index >= 15 is 0 Å². The maximum absolute atomic E-state index is 12.1. The molecule has 1 heterocycles. The molecule has 0 saturated carbocycles. The minimum Gasteiger partial charge on any atom is -0.494 e. The van der Waals surface area contributed by atoms with Gasteiger partial charge in [0, 0.05) is 12.2 Å². The summed E-state index contributed by atoms with van der Waals surface area (Å²) in [5.41, 5.74) is 1.21. The van der Waals surface area contributed by atoms with E-state index in [0.29, 0.717) is 5.69 Å². The molecule has 1 aromatic carbocycles. The smallest absolute Gasteiger partial charge is 0.339 e. The van der Waals surface area contributed by atoms with Crippen LogP contribution in [0.3, 0.4) is 0 Å². The fourth-order valence-electron chi connectivity index (χ4n) is 2.23. The van der Waals surface area contributed by atoms with Crippen LogP contribution in [0.5, 0.6) is 5.88 Å². The van der Waals surface area contributed by atoms with Gasteiger partial charge in [-0.15, -0.1) is 6.58 Å². The van der Waals surface area contributed by atoms with Crippen molar-refractivity contribution < 1.29 is 9.90 Å². The van der Waals surface area contributed by atoms with E-state index in [1.807, 2.05) is 6.07 Å². The number of hydrogen-bond acceptors (Lipinski definition) is 5. The van der Waals surface area contributed by atoms with Gasteiger partial charge in [-0.05, 0) is 18.6 Å². The number of hydrogen-bond donors (Lipinski definition) is 4. The largest absolute Gasteiger partial charge is 0.494 e. The first-order valence-electron chi connectivity index (χ1n) is 7.83. The van der Waals surface area contributed by atoms with Crippen LogP contribution in [-0.2, 0) is 6.54 Å². The first-order chi connectivity index (χ1) is 12.5. The first-order valence-corrected chi connectivity index (χ1v) is 7.83. The summed E-state index contributed by atoms with van der Waals surface area (Å²) in [5.74, 6) is -0.537. The number of carbonyl (C=O) groups is 1. The van der Waals surface area contributed by atoms with Crippen LogP contribution in [0.15, 0.2) is 57.7 Å². The molecule has 2 amide bonds. The van der Waals surface area contributed by atoms with Gasteiger partial charge in [-0.3, -0.25) is 14.3 Å². The summed E-state index contributed by atoms with van der Waals surface area (Å²) >= 11 is 0. The van der Waals surface area contributed by atoms with Gasteiger partial charge in [0.2, 0.25) is 5.88 Å². The lowest BCUT2D eigenvalue weighted by Crippen LogP contribution is -2.34. The highest BCUT2D eigenvalue weighted by molar-refractivity contribution is 6.02. The van der Waals surface area contributed by atoms with Crippen LogP contribution in [0.4, 0.5) is 10.5 Å². The molecule has 0 saturated heterocycles. The van der Waals surface area contributed by atoms with Crippen LogP contribution in [0.25, 0.3) is 0 Å². The number of nitrogens with one attached hydrogen (secondary N) is 3. The molecule has 0 fully saturated rings. The fraction of sp³-hybridized carbons (Fsp3) is 0.176. The number of anilines is 1. The molecule has 0 radical (unpaired) electrons. The van der Waals surface area contributed by atoms with Crippen LogP contribution in [-0.4, -0.2) is 26.4 Å². The third-order valence-corrected chi connectivity index (χ3v) is 3.43. The Hall–Kier alpha value is -3.62. The third kappa shape index (κ3) is 4.26. The molecule has 26 heavy (non-hydrogen) atoms. The van der Waals surface area contributed by atoms with Gasteiger partial charge in [-0.2, -0.15) is 5.10 Å². The molecule has 0 aliphatic carbocycles. The number of amides is 2. The molecule has 4 N–H and O–H groups in total. The van der Waals surface area contributed by atoms with Crippen LogP contribution in [0.1, 0.15) is 18.9 Å². The predicted molar refractivity (Wildman–Crippen MR) is 98.6 cm³/mol. The summed E-state index contributed by atoms with van der Waals surface area (Å²) in [6.07, 6.45) is 1.63. The minimum atomic E-state index is -0.793. The van der Waals surface area contributed by atoms with Crippen molar-refractivity contribution in [1.29, 1.82) is 0 Å². The maximum atomic E-state index is 12.1. The van der Waals surface area contributed by atoms with Crippen molar-refractivity contribution in [3.05, 3.63) is 69.4 Å². The lowest BCUT2D eigenvalue weighted by molar-refractivity contribution is 0.252. The highest BCUT2D eigenvalue weighted by Gasteiger charge is 2.18. The number of aromatic hydroxyl groups is 1. The van der Waals surface area contributed by atoms with Gasteiger partial charge in [0.05, 0.1) is 5.71 Å². The Kier molecular flexibility index (Phi) is 6.10. The van der Waals surface area contributed by atoms with E-state index in [1.165, 1.54) is 6.08 Å². The predicted octanol–water partition coefficient (Wildman–Crippen LogP) is 1.36. The quantitative estimate of drug-likeness (QED) is 0.353. The van der Waals surface area contributed by atoms with E-state index in [2.05, 4.69) is 27.4 Å². The van der Waals surface area contributed by atoms with Crippen molar-refractivity contribution in [2.24, 2.45) is 5.10 Å². The van der Waals surface area contributed by atoms with Crippen LogP contribution < -0.4 is 22.0 Å². The number of aromatic amines is 1. The van der Waals surface area contributed by atoms with Crippen LogP contribution in [0.2, 0.25) is 0 Å². The molecule has 2 aromatic rings. The zero-order valence-electron chi connectivity index (χ0n) is 14.2. The number of aromatic nitrogens is 2. The van der Waals surface area contributed by atoms with Crippen LogP contribution >= 0.6 is 0 Å². The average Bonchev–Trinajstić information content (AvgIpc) is 2.62. The molecule has 0 spiro atoms. The standard InChI is InChI=1S/C17H19N5O4/c1-3-10-22-15(24)13(14(23)19-17(22)26)12(4-2)20-21-16(25)18-11-8-6-5-7-9-11/h3,5-9,24H,1,4,10H2,2H3,(H2,18,21,25)(H,19,23,26). The molecule has 0 bridgehead atoms.